The van der Waals surface area contributed by atoms with E-state index in [9.17, 15) is 9.59 Å². The predicted octanol–water partition coefficient (Wildman–Crippen LogP) is 5.92. The van der Waals surface area contributed by atoms with Crippen LogP contribution in [0.15, 0.2) is 71.2 Å². The summed E-state index contributed by atoms with van der Waals surface area (Å²) in [5, 5.41) is 3.01. The van der Waals surface area contributed by atoms with E-state index >= 15 is 0 Å². The Labute approximate surface area is 223 Å². The number of halogens is 1. The van der Waals surface area contributed by atoms with Gasteiger partial charge in [0.2, 0.25) is 5.91 Å². The molecule has 5 nitrogen and oxygen atoms in total. The van der Waals surface area contributed by atoms with Crippen LogP contribution in [0.3, 0.4) is 0 Å². The SMILES string of the molecule is Cc1cc(C)c(C)c(OCC(=O)N(Cc2cccc(Br)c2)[C@H](Cc2ccccc2)C(=O)NC(C)C)c1. The monoisotopic (exact) mass is 550 g/mol. The van der Waals surface area contributed by atoms with Crippen molar-refractivity contribution in [1.29, 1.82) is 0 Å². The highest BCUT2D eigenvalue weighted by molar-refractivity contribution is 9.10. The van der Waals surface area contributed by atoms with Gasteiger partial charge in [0.25, 0.3) is 5.91 Å². The van der Waals surface area contributed by atoms with Crippen molar-refractivity contribution in [1.82, 2.24) is 10.2 Å². The van der Waals surface area contributed by atoms with Crippen molar-refractivity contribution in [3.8, 4) is 5.75 Å². The lowest BCUT2D eigenvalue weighted by atomic mass is 10.0. The van der Waals surface area contributed by atoms with Crippen LogP contribution in [0, 0.1) is 20.8 Å². The molecule has 0 bridgehead atoms. The minimum Gasteiger partial charge on any atom is -0.483 e. The lowest BCUT2D eigenvalue weighted by Crippen LogP contribution is -2.52. The maximum absolute atomic E-state index is 13.7. The Kier molecular flexibility index (Phi) is 9.71. The summed E-state index contributed by atoms with van der Waals surface area (Å²) in [6.07, 6.45) is 0.404. The molecule has 2 amide bonds. The maximum Gasteiger partial charge on any atom is 0.261 e. The number of carbonyl (C=O) groups excluding carboxylic acids is 2. The smallest absolute Gasteiger partial charge is 0.261 e. The van der Waals surface area contributed by atoms with E-state index in [-0.39, 0.29) is 31.0 Å². The Morgan fingerprint density at radius 3 is 2.31 bits per heavy atom. The van der Waals surface area contributed by atoms with Gasteiger partial charge in [0.05, 0.1) is 0 Å². The summed E-state index contributed by atoms with van der Waals surface area (Å²) in [5.41, 5.74) is 5.10. The molecular weight excluding hydrogens is 516 g/mol. The first-order valence-corrected chi connectivity index (χ1v) is 13.0. The van der Waals surface area contributed by atoms with Gasteiger partial charge in [-0.15, -0.1) is 0 Å². The van der Waals surface area contributed by atoms with Crippen LogP contribution in [0.5, 0.6) is 5.75 Å². The zero-order valence-electron chi connectivity index (χ0n) is 21.7. The van der Waals surface area contributed by atoms with Gasteiger partial charge < -0.3 is 15.0 Å². The molecule has 0 fully saturated rings. The maximum atomic E-state index is 13.7. The molecule has 0 saturated heterocycles. The van der Waals surface area contributed by atoms with Crippen molar-refractivity contribution in [3.63, 3.8) is 0 Å². The first-order valence-electron chi connectivity index (χ1n) is 12.2. The first-order chi connectivity index (χ1) is 17.1. The highest BCUT2D eigenvalue weighted by Gasteiger charge is 2.31. The summed E-state index contributed by atoms with van der Waals surface area (Å²) in [6, 6.07) is 20.9. The van der Waals surface area contributed by atoms with E-state index in [1.807, 2.05) is 95.3 Å². The van der Waals surface area contributed by atoms with Crippen LogP contribution in [0.4, 0.5) is 0 Å². The van der Waals surface area contributed by atoms with Crippen LogP contribution in [0.2, 0.25) is 0 Å². The largest absolute Gasteiger partial charge is 0.483 e. The summed E-state index contributed by atoms with van der Waals surface area (Å²) in [4.78, 5) is 28.8. The summed E-state index contributed by atoms with van der Waals surface area (Å²) >= 11 is 3.52. The molecule has 3 aromatic rings. The molecule has 36 heavy (non-hydrogen) atoms. The molecular formula is C30H35BrN2O3. The van der Waals surface area contributed by atoms with Crippen molar-refractivity contribution in [2.75, 3.05) is 6.61 Å². The summed E-state index contributed by atoms with van der Waals surface area (Å²) in [5.74, 6) is 0.266. The van der Waals surface area contributed by atoms with Crippen LogP contribution in [-0.2, 0) is 22.6 Å². The minimum absolute atomic E-state index is 0.0484. The summed E-state index contributed by atoms with van der Waals surface area (Å²) in [7, 11) is 0. The molecule has 3 rings (SSSR count). The van der Waals surface area contributed by atoms with Gasteiger partial charge in [0.1, 0.15) is 11.8 Å². The van der Waals surface area contributed by atoms with Crippen LogP contribution in [-0.4, -0.2) is 35.4 Å². The fourth-order valence-corrected chi connectivity index (χ4v) is 4.59. The molecule has 0 aliphatic heterocycles. The van der Waals surface area contributed by atoms with E-state index in [0.717, 1.165) is 32.3 Å². The number of nitrogens with one attached hydrogen (secondary N) is 1. The number of hydrogen-bond donors (Lipinski definition) is 1. The number of ether oxygens (including phenoxy) is 1. The number of aryl methyl sites for hydroxylation is 2. The second-order valence-corrected chi connectivity index (χ2v) is 10.4. The number of nitrogens with zero attached hydrogens (tertiary/aromatic N) is 1. The summed E-state index contributed by atoms with van der Waals surface area (Å²) in [6.45, 7) is 10.00. The first kappa shape index (κ1) is 27.5. The third kappa shape index (κ3) is 7.69. The molecule has 0 aromatic heterocycles. The molecule has 0 spiro atoms. The average Bonchev–Trinajstić information content (AvgIpc) is 2.82. The number of rotatable bonds is 10. The second kappa shape index (κ2) is 12.7. The van der Waals surface area contributed by atoms with Crippen molar-refractivity contribution < 1.29 is 14.3 Å². The Morgan fingerprint density at radius 1 is 0.944 bits per heavy atom. The molecule has 0 heterocycles. The van der Waals surface area contributed by atoms with Crippen LogP contribution >= 0.6 is 15.9 Å². The lowest BCUT2D eigenvalue weighted by molar-refractivity contribution is -0.143. The van der Waals surface area contributed by atoms with Gasteiger partial charge in [0.15, 0.2) is 6.61 Å². The number of benzene rings is 3. The fourth-order valence-electron chi connectivity index (χ4n) is 4.14. The number of carbonyl (C=O) groups is 2. The van der Waals surface area contributed by atoms with Gasteiger partial charge >= 0.3 is 0 Å². The van der Waals surface area contributed by atoms with E-state index in [0.29, 0.717) is 12.2 Å². The predicted molar refractivity (Wildman–Crippen MR) is 148 cm³/mol. The van der Waals surface area contributed by atoms with E-state index in [1.54, 1.807) is 4.90 Å². The molecule has 0 saturated carbocycles. The zero-order chi connectivity index (χ0) is 26.2. The molecule has 0 unspecified atom stereocenters. The Morgan fingerprint density at radius 2 is 1.64 bits per heavy atom. The quantitative estimate of drug-likeness (QED) is 0.341. The van der Waals surface area contributed by atoms with Crippen molar-refractivity contribution in [2.24, 2.45) is 0 Å². The third-order valence-electron chi connectivity index (χ3n) is 6.06. The summed E-state index contributed by atoms with van der Waals surface area (Å²) < 4.78 is 6.95. The molecule has 1 atom stereocenters. The molecule has 0 aliphatic carbocycles. The zero-order valence-corrected chi connectivity index (χ0v) is 23.3. The van der Waals surface area contributed by atoms with Gasteiger partial charge in [-0.3, -0.25) is 9.59 Å². The topological polar surface area (TPSA) is 58.6 Å². The van der Waals surface area contributed by atoms with E-state index < -0.39 is 6.04 Å². The van der Waals surface area contributed by atoms with Crippen molar-refractivity contribution in [2.45, 2.75) is 59.7 Å². The molecule has 190 valence electrons. The van der Waals surface area contributed by atoms with Gasteiger partial charge in [-0.2, -0.15) is 0 Å². The Bertz CT molecular complexity index is 1190. The molecule has 0 aliphatic rings. The normalized spacial score (nSPS) is 11.8. The second-order valence-electron chi connectivity index (χ2n) is 9.51. The van der Waals surface area contributed by atoms with Crippen molar-refractivity contribution >= 4 is 27.7 Å². The van der Waals surface area contributed by atoms with Gasteiger partial charge in [-0.25, -0.2) is 0 Å². The molecule has 1 N–H and O–H groups in total. The number of hydrogen-bond acceptors (Lipinski definition) is 3. The average molecular weight is 552 g/mol. The Balaban J connectivity index is 1.94. The van der Waals surface area contributed by atoms with Crippen LogP contribution in [0.1, 0.15) is 41.7 Å². The standard InChI is InChI=1S/C30H35BrN2O3/c1-20(2)32-30(35)27(17-24-10-7-6-8-11-24)33(18-25-12-9-13-26(31)16-25)29(34)19-36-28-15-21(3)14-22(4)23(28)5/h6-16,20,27H,17-19H2,1-5H3,(H,32,35)/t27-/m1/s1. The van der Waals surface area contributed by atoms with E-state index in [2.05, 4.69) is 27.3 Å². The van der Waals surface area contributed by atoms with E-state index in [1.165, 1.54) is 0 Å². The van der Waals surface area contributed by atoms with Gasteiger partial charge in [0, 0.05) is 23.5 Å². The van der Waals surface area contributed by atoms with E-state index in [4.69, 9.17) is 4.74 Å². The molecule has 3 aromatic carbocycles. The lowest BCUT2D eigenvalue weighted by Gasteiger charge is -2.32. The highest BCUT2D eigenvalue weighted by Crippen LogP contribution is 2.24. The number of amides is 2. The third-order valence-corrected chi connectivity index (χ3v) is 6.55. The van der Waals surface area contributed by atoms with Crippen LogP contribution < -0.4 is 10.1 Å². The minimum atomic E-state index is -0.690. The van der Waals surface area contributed by atoms with Crippen molar-refractivity contribution in [3.05, 3.63) is 99.0 Å². The highest BCUT2D eigenvalue weighted by atomic mass is 79.9. The van der Waals surface area contributed by atoms with Crippen LogP contribution in [0.25, 0.3) is 0 Å². The Hall–Kier alpha value is -3.12. The van der Waals surface area contributed by atoms with Gasteiger partial charge in [-0.05, 0) is 80.6 Å². The molecule has 6 heteroatoms. The molecule has 0 radical (unpaired) electrons. The fraction of sp³-hybridized carbons (Fsp3) is 0.333. The van der Waals surface area contributed by atoms with Gasteiger partial charge in [-0.1, -0.05) is 64.5 Å².